The minimum absolute atomic E-state index is 0.165. The van der Waals surface area contributed by atoms with Crippen molar-refractivity contribution in [3.05, 3.63) is 0 Å². The van der Waals surface area contributed by atoms with Gasteiger partial charge >= 0.3 is 0 Å². The van der Waals surface area contributed by atoms with Gasteiger partial charge in [0.25, 0.3) is 0 Å². The highest BCUT2D eigenvalue weighted by molar-refractivity contribution is 4.77. The Bertz CT molecular complexity index is 90.5. The molecular weight excluding hydrogens is 154 g/mol. The molecule has 0 heterocycles. The Hall–Kier alpha value is -0.120. The van der Waals surface area contributed by atoms with Gasteiger partial charge in [-0.25, -0.2) is 0 Å². The Morgan fingerprint density at radius 2 is 1.67 bits per heavy atom. The lowest BCUT2D eigenvalue weighted by Gasteiger charge is -2.27. The van der Waals surface area contributed by atoms with Crippen molar-refractivity contribution >= 4 is 0 Å². The van der Waals surface area contributed by atoms with E-state index in [4.69, 9.17) is 5.11 Å². The summed E-state index contributed by atoms with van der Waals surface area (Å²) in [5, 5.41) is 18.3. The van der Waals surface area contributed by atoms with Crippen molar-refractivity contribution in [2.75, 3.05) is 27.2 Å². The number of aliphatic hydroxyl groups excluding tert-OH is 1. The van der Waals surface area contributed by atoms with E-state index in [2.05, 4.69) is 0 Å². The van der Waals surface area contributed by atoms with Crippen LogP contribution in [0.5, 0.6) is 0 Å². The summed E-state index contributed by atoms with van der Waals surface area (Å²) in [6.07, 6.45) is 0.585. The van der Waals surface area contributed by atoms with Gasteiger partial charge in [-0.15, -0.1) is 0 Å². The predicted molar refractivity (Wildman–Crippen MR) is 52.2 cm³/mol. The fourth-order valence-corrected chi connectivity index (χ4v) is 0.862. The van der Waals surface area contributed by atoms with E-state index >= 15 is 0 Å². The molecule has 0 aromatic heterocycles. The van der Waals surface area contributed by atoms with Gasteiger partial charge < -0.3 is 15.1 Å². The summed E-state index contributed by atoms with van der Waals surface area (Å²) in [5.41, 5.74) is -0.913. The lowest BCUT2D eigenvalue weighted by atomic mass is 10.0. The molecule has 0 fully saturated rings. The largest absolute Gasteiger partial charge is 0.393 e. The predicted octanol–water partition coefficient (Wildman–Crippen LogP) is 0.708. The maximum absolute atomic E-state index is 9.51. The molecule has 3 nitrogen and oxygen atoms in total. The molecule has 76 valence electrons. The second kappa shape index (κ2) is 7.53. The van der Waals surface area contributed by atoms with Crippen LogP contribution in [0.1, 0.15) is 27.2 Å². The van der Waals surface area contributed by atoms with Crippen LogP contribution in [-0.2, 0) is 0 Å². The first-order chi connectivity index (χ1) is 5.54. The summed E-state index contributed by atoms with van der Waals surface area (Å²) < 4.78 is 0. The van der Waals surface area contributed by atoms with Gasteiger partial charge in [0.2, 0.25) is 0 Å². The molecule has 12 heavy (non-hydrogen) atoms. The average Bonchev–Trinajstić information content (AvgIpc) is 2.07. The lowest BCUT2D eigenvalue weighted by molar-refractivity contribution is -0.0342. The molecule has 0 aliphatic carbocycles. The van der Waals surface area contributed by atoms with Crippen molar-refractivity contribution < 1.29 is 10.2 Å². The highest BCUT2D eigenvalue weighted by Gasteiger charge is 2.23. The molecule has 0 rings (SSSR count). The van der Waals surface area contributed by atoms with E-state index in [9.17, 15) is 5.11 Å². The minimum atomic E-state index is -0.913. The van der Waals surface area contributed by atoms with Crippen LogP contribution < -0.4 is 0 Å². The summed E-state index contributed by atoms with van der Waals surface area (Å²) in [4.78, 5) is 1.86. The van der Waals surface area contributed by atoms with Gasteiger partial charge in [0, 0.05) is 6.54 Å². The normalized spacial score (nSPS) is 15.0. The van der Waals surface area contributed by atoms with Crippen LogP contribution in [0.4, 0.5) is 0 Å². The zero-order valence-corrected chi connectivity index (χ0v) is 8.96. The molecule has 0 aliphatic heterocycles. The van der Waals surface area contributed by atoms with Crippen LogP contribution in [0.25, 0.3) is 0 Å². The van der Waals surface area contributed by atoms with Crippen LogP contribution >= 0.6 is 0 Å². The van der Waals surface area contributed by atoms with Gasteiger partial charge in [0.15, 0.2) is 0 Å². The zero-order valence-electron chi connectivity index (χ0n) is 8.96. The molecule has 0 aromatic rings. The van der Waals surface area contributed by atoms with Crippen molar-refractivity contribution in [2.45, 2.75) is 32.8 Å². The molecule has 2 N–H and O–H groups in total. The molecular formula is C9H23NO2. The molecule has 0 spiro atoms. The summed E-state index contributed by atoms with van der Waals surface area (Å²) in [6, 6.07) is 0. The summed E-state index contributed by atoms with van der Waals surface area (Å²) in [6.45, 7) is 6.21. The molecule has 0 saturated heterocycles. The van der Waals surface area contributed by atoms with Crippen LogP contribution in [0.2, 0.25) is 0 Å². The van der Waals surface area contributed by atoms with E-state index in [1.807, 2.05) is 39.8 Å². The molecule has 1 unspecified atom stereocenters. The van der Waals surface area contributed by atoms with Crippen molar-refractivity contribution in [1.29, 1.82) is 0 Å². The maximum atomic E-state index is 9.51. The molecule has 0 saturated carbocycles. The van der Waals surface area contributed by atoms with Crippen LogP contribution in [-0.4, -0.2) is 48.0 Å². The standard InChI is InChI=1S/C7H17NO2.C2H6/c1-4-7(10,6-9)5-8(2)3;1-2/h9-10H,4-6H2,1-3H3;1-2H3. The van der Waals surface area contributed by atoms with Gasteiger partial charge in [-0.2, -0.15) is 0 Å². The zero-order chi connectivity index (χ0) is 10.2. The van der Waals surface area contributed by atoms with Crippen molar-refractivity contribution in [3.8, 4) is 0 Å². The fraction of sp³-hybridized carbons (Fsp3) is 1.00. The summed E-state index contributed by atoms with van der Waals surface area (Å²) >= 11 is 0. The number of nitrogens with zero attached hydrogens (tertiary/aromatic N) is 1. The van der Waals surface area contributed by atoms with Gasteiger partial charge in [0.1, 0.15) is 0 Å². The molecule has 1 atom stereocenters. The maximum Gasteiger partial charge on any atom is 0.1000 e. The first kappa shape index (κ1) is 14.4. The monoisotopic (exact) mass is 177 g/mol. The van der Waals surface area contributed by atoms with Gasteiger partial charge in [-0.3, -0.25) is 0 Å². The van der Waals surface area contributed by atoms with Crippen LogP contribution in [0.15, 0.2) is 0 Å². The quantitative estimate of drug-likeness (QED) is 0.664. The van der Waals surface area contributed by atoms with Crippen molar-refractivity contribution in [3.63, 3.8) is 0 Å². The van der Waals surface area contributed by atoms with Crippen LogP contribution in [0.3, 0.4) is 0 Å². The van der Waals surface area contributed by atoms with E-state index in [0.29, 0.717) is 13.0 Å². The fourth-order valence-electron chi connectivity index (χ4n) is 0.862. The Kier molecular flexibility index (Phi) is 9.03. The lowest BCUT2D eigenvalue weighted by Crippen LogP contribution is -2.42. The molecule has 0 bridgehead atoms. The van der Waals surface area contributed by atoms with E-state index in [1.54, 1.807) is 0 Å². The van der Waals surface area contributed by atoms with Crippen molar-refractivity contribution in [1.82, 2.24) is 4.90 Å². The third-order valence-corrected chi connectivity index (χ3v) is 1.56. The second-order valence-electron chi connectivity index (χ2n) is 2.97. The SMILES string of the molecule is CC.CCC(O)(CO)CN(C)C. The molecule has 0 aromatic carbocycles. The van der Waals surface area contributed by atoms with E-state index in [1.165, 1.54) is 0 Å². The first-order valence-electron chi connectivity index (χ1n) is 4.52. The first-order valence-corrected chi connectivity index (χ1v) is 4.52. The van der Waals surface area contributed by atoms with E-state index < -0.39 is 5.60 Å². The van der Waals surface area contributed by atoms with Crippen LogP contribution in [0, 0.1) is 0 Å². The van der Waals surface area contributed by atoms with E-state index in [0.717, 1.165) is 0 Å². The molecule has 0 aliphatic rings. The second-order valence-corrected chi connectivity index (χ2v) is 2.97. The molecule has 3 heteroatoms. The van der Waals surface area contributed by atoms with Gasteiger partial charge in [-0.05, 0) is 20.5 Å². The Labute approximate surface area is 76.0 Å². The average molecular weight is 177 g/mol. The number of hydrogen-bond acceptors (Lipinski definition) is 3. The highest BCUT2D eigenvalue weighted by Crippen LogP contribution is 2.08. The van der Waals surface area contributed by atoms with Gasteiger partial charge in [0.05, 0.1) is 12.2 Å². The number of likely N-dealkylation sites (N-methyl/N-ethyl adjacent to an activating group) is 1. The topological polar surface area (TPSA) is 43.7 Å². The minimum Gasteiger partial charge on any atom is -0.393 e. The Balaban J connectivity index is 0. The number of rotatable bonds is 4. The number of hydrogen-bond donors (Lipinski definition) is 2. The Morgan fingerprint density at radius 3 is 1.75 bits per heavy atom. The highest BCUT2D eigenvalue weighted by atomic mass is 16.3. The smallest absolute Gasteiger partial charge is 0.1000 e. The Morgan fingerprint density at radius 1 is 1.25 bits per heavy atom. The summed E-state index contributed by atoms with van der Waals surface area (Å²) in [7, 11) is 3.74. The molecule has 0 amide bonds. The third-order valence-electron chi connectivity index (χ3n) is 1.56. The van der Waals surface area contributed by atoms with Gasteiger partial charge in [-0.1, -0.05) is 20.8 Å². The van der Waals surface area contributed by atoms with Crippen molar-refractivity contribution in [2.24, 2.45) is 0 Å². The summed E-state index contributed by atoms with van der Waals surface area (Å²) in [5.74, 6) is 0. The van der Waals surface area contributed by atoms with E-state index in [-0.39, 0.29) is 6.61 Å². The number of aliphatic hydroxyl groups is 2. The third kappa shape index (κ3) is 6.58. The molecule has 0 radical (unpaired) electrons.